The molecule has 20 heavy (non-hydrogen) atoms. The molecule has 0 radical (unpaired) electrons. The first-order valence-electron chi connectivity index (χ1n) is 6.74. The lowest BCUT2D eigenvalue weighted by atomic mass is 10.3. The number of para-hydroxylation sites is 1. The third kappa shape index (κ3) is 2.90. The minimum absolute atomic E-state index is 0.228. The second-order valence-electron chi connectivity index (χ2n) is 4.99. The van der Waals surface area contributed by atoms with Crippen LogP contribution in [0.5, 0.6) is 5.75 Å². The fourth-order valence-electron chi connectivity index (χ4n) is 2.49. The van der Waals surface area contributed by atoms with Crippen molar-refractivity contribution in [3.8, 4) is 5.75 Å². The van der Waals surface area contributed by atoms with Crippen LogP contribution < -0.4 is 15.4 Å². The number of nitrogen functional groups attached to an aromatic ring is 1. The lowest BCUT2D eigenvalue weighted by Gasteiger charge is -2.20. The first-order chi connectivity index (χ1) is 9.72. The molecule has 1 atom stereocenters. The number of ether oxygens (including phenoxy) is 1. The maximum absolute atomic E-state index is 6.01. The summed E-state index contributed by atoms with van der Waals surface area (Å²) in [4.78, 5) is 2.35. The van der Waals surface area contributed by atoms with Crippen LogP contribution in [0.15, 0.2) is 53.0 Å². The number of hydrogen-bond acceptors (Lipinski definition) is 3. The highest BCUT2D eigenvalue weighted by Crippen LogP contribution is 2.29. The Hall–Kier alpha value is -1.68. The molecule has 2 aromatic carbocycles. The van der Waals surface area contributed by atoms with Gasteiger partial charge in [0.05, 0.1) is 12.2 Å². The summed E-state index contributed by atoms with van der Waals surface area (Å²) in [5, 5.41) is 0. The minimum Gasteiger partial charge on any atom is -0.489 e. The van der Waals surface area contributed by atoms with Crippen molar-refractivity contribution in [3.05, 3.63) is 53.0 Å². The third-order valence-corrected chi connectivity index (χ3v) is 4.19. The smallest absolute Gasteiger partial charge is 0.119 e. The highest BCUT2D eigenvalue weighted by atomic mass is 79.9. The normalized spacial score (nSPS) is 18.2. The van der Waals surface area contributed by atoms with E-state index < -0.39 is 0 Å². The van der Waals surface area contributed by atoms with Crippen molar-refractivity contribution in [2.75, 3.05) is 23.7 Å². The number of hydrogen-bond donors (Lipinski definition) is 1. The zero-order valence-corrected chi connectivity index (χ0v) is 12.7. The minimum atomic E-state index is 0.228. The van der Waals surface area contributed by atoms with Crippen LogP contribution in [0.4, 0.5) is 11.4 Å². The third-order valence-electron chi connectivity index (χ3n) is 3.52. The molecule has 1 unspecified atom stereocenters. The number of nitrogens with zero attached hydrogens (tertiary/aromatic N) is 1. The van der Waals surface area contributed by atoms with Gasteiger partial charge in [-0.15, -0.1) is 0 Å². The molecule has 0 aromatic heterocycles. The fourth-order valence-corrected chi connectivity index (χ4v) is 3.03. The van der Waals surface area contributed by atoms with Crippen LogP contribution in [-0.4, -0.2) is 19.2 Å². The first-order valence-corrected chi connectivity index (χ1v) is 7.53. The van der Waals surface area contributed by atoms with Gasteiger partial charge in [0.25, 0.3) is 0 Å². The van der Waals surface area contributed by atoms with E-state index in [0.717, 1.165) is 35.4 Å². The molecular formula is C16H17BrN2O. The van der Waals surface area contributed by atoms with Gasteiger partial charge in [-0.25, -0.2) is 0 Å². The van der Waals surface area contributed by atoms with Crippen LogP contribution in [-0.2, 0) is 0 Å². The Morgan fingerprint density at radius 2 is 1.85 bits per heavy atom. The van der Waals surface area contributed by atoms with Crippen LogP contribution in [0.2, 0.25) is 0 Å². The molecule has 3 rings (SSSR count). The van der Waals surface area contributed by atoms with Crippen molar-refractivity contribution in [2.24, 2.45) is 0 Å². The van der Waals surface area contributed by atoms with Gasteiger partial charge in [0, 0.05) is 23.1 Å². The predicted octanol–water partition coefficient (Wildman–Crippen LogP) is 3.69. The van der Waals surface area contributed by atoms with Crippen LogP contribution >= 0.6 is 15.9 Å². The molecule has 0 aliphatic carbocycles. The molecule has 2 aromatic rings. The second kappa shape index (κ2) is 5.75. The highest BCUT2D eigenvalue weighted by molar-refractivity contribution is 9.10. The van der Waals surface area contributed by atoms with Gasteiger partial charge >= 0.3 is 0 Å². The zero-order chi connectivity index (χ0) is 13.9. The van der Waals surface area contributed by atoms with Gasteiger partial charge in [-0.05, 0) is 52.3 Å². The molecule has 1 heterocycles. The van der Waals surface area contributed by atoms with Crippen molar-refractivity contribution >= 4 is 27.3 Å². The number of rotatable bonds is 3. The average molecular weight is 333 g/mol. The monoisotopic (exact) mass is 332 g/mol. The molecule has 1 aliphatic heterocycles. The van der Waals surface area contributed by atoms with Gasteiger partial charge in [0.2, 0.25) is 0 Å². The van der Waals surface area contributed by atoms with Crippen molar-refractivity contribution in [2.45, 2.75) is 12.5 Å². The molecular weight excluding hydrogens is 316 g/mol. The Morgan fingerprint density at radius 3 is 2.60 bits per heavy atom. The van der Waals surface area contributed by atoms with E-state index in [1.165, 1.54) is 5.69 Å². The largest absolute Gasteiger partial charge is 0.489 e. The Labute approximate surface area is 127 Å². The summed E-state index contributed by atoms with van der Waals surface area (Å²) in [5.74, 6) is 0.887. The molecule has 0 saturated carbocycles. The molecule has 0 bridgehead atoms. The molecule has 0 amide bonds. The maximum atomic E-state index is 6.01. The van der Waals surface area contributed by atoms with E-state index in [4.69, 9.17) is 10.5 Å². The summed E-state index contributed by atoms with van der Waals surface area (Å²) in [6.07, 6.45) is 1.26. The fraction of sp³-hybridized carbons (Fsp3) is 0.250. The van der Waals surface area contributed by atoms with Crippen molar-refractivity contribution in [1.82, 2.24) is 0 Å². The summed E-state index contributed by atoms with van der Waals surface area (Å²) in [5.41, 5.74) is 7.68. The number of benzene rings is 2. The van der Waals surface area contributed by atoms with Gasteiger partial charge in [0.15, 0.2) is 0 Å². The quantitative estimate of drug-likeness (QED) is 0.871. The molecule has 4 heteroatoms. The van der Waals surface area contributed by atoms with Gasteiger partial charge in [-0.1, -0.05) is 12.1 Å². The second-order valence-corrected chi connectivity index (χ2v) is 5.85. The molecule has 1 fully saturated rings. The van der Waals surface area contributed by atoms with Crippen LogP contribution in [0, 0.1) is 0 Å². The van der Waals surface area contributed by atoms with Crippen LogP contribution in [0.3, 0.4) is 0 Å². The molecule has 104 valence electrons. The molecule has 1 saturated heterocycles. The Morgan fingerprint density at radius 1 is 1.10 bits per heavy atom. The van der Waals surface area contributed by atoms with Gasteiger partial charge < -0.3 is 15.4 Å². The molecule has 1 aliphatic rings. The first kappa shape index (κ1) is 13.3. The summed E-state index contributed by atoms with van der Waals surface area (Å²) < 4.78 is 7.14. The van der Waals surface area contributed by atoms with E-state index in [2.05, 4.69) is 39.0 Å². The van der Waals surface area contributed by atoms with E-state index in [1.807, 2.05) is 30.3 Å². The van der Waals surface area contributed by atoms with Crippen LogP contribution in [0.25, 0.3) is 0 Å². The Balaban J connectivity index is 1.65. The van der Waals surface area contributed by atoms with E-state index in [1.54, 1.807) is 0 Å². The lowest BCUT2D eigenvalue weighted by Crippen LogP contribution is -2.24. The maximum Gasteiger partial charge on any atom is 0.119 e. The van der Waals surface area contributed by atoms with E-state index in [9.17, 15) is 0 Å². The number of halogens is 1. The summed E-state index contributed by atoms with van der Waals surface area (Å²) >= 11 is 3.60. The van der Waals surface area contributed by atoms with E-state index in [0.29, 0.717) is 0 Å². The van der Waals surface area contributed by atoms with E-state index >= 15 is 0 Å². The Kier molecular flexibility index (Phi) is 3.83. The Bertz CT molecular complexity index is 585. The van der Waals surface area contributed by atoms with Gasteiger partial charge in [0.1, 0.15) is 11.9 Å². The van der Waals surface area contributed by atoms with Crippen LogP contribution in [0.1, 0.15) is 6.42 Å². The average Bonchev–Trinajstić information content (AvgIpc) is 2.90. The molecule has 2 N–H and O–H groups in total. The number of nitrogens with two attached hydrogens (primary N) is 1. The summed E-state index contributed by atoms with van der Waals surface area (Å²) in [6.45, 7) is 1.93. The summed E-state index contributed by atoms with van der Waals surface area (Å²) in [7, 11) is 0. The predicted molar refractivity (Wildman–Crippen MR) is 86.2 cm³/mol. The van der Waals surface area contributed by atoms with Crippen molar-refractivity contribution in [1.29, 1.82) is 0 Å². The van der Waals surface area contributed by atoms with Crippen molar-refractivity contribution in [3.63, 3.8) is 0 Å². The standard InChI is InChI=1S/C16H17BrN2O/c17-15-3-1-2-4-16(15)19-10-9-14(11-19)20-13-7-5-12(18)6-8-13/h1-8,14H,9-11,18H2. The number of anilines is 2. The lowest BCUT2D eigenvalue weighted by molar-refractivity contribution is 0.225. The summed E-state index contributed by atoms with van der Waals surface area (Å²) in [6, 6.07) is 15.9. The van der Waals surface area contributed by atoms with Gasteiger partial charge in [-0.2, -0.15) is 0 Å². The van der Waals surface area contributed by atoms with Gasteiger partial charge in [-0.3, -0.25) is 0 Å². The molecule has 0 spiro atoms. The van der Waals surface area contributed by atoms with Crippen molar-refractivity contribution < 1.29 is 4.74 Å². The highest BCUT2D eigenvalue weighted by Gasteiger charge is 2.25. The molecule has 3 nitrogen and oxygen atoms in total. The SMILES string of the molecule is Nc1ccc(OC2CCN(c3ccccc3Br)C2)cc1. The zero-order valence-electron chi connectivity index (χ0n) is 11.1. The van der Waals surface area contributed by atoms with E-state index in [-0.39, 0.29) is 6.10 Å². The topological polar surface area (TPSA) is 38.5 Å².